The molecule has 11 aromatic rings. The Hall–Kier alpha value is -9.00. The van der Waals surface area contributed by atoms with Crippen molar-refractivity contribution in [1.82, 2.24) is 29.1 Å². The third kappa shape index (κ3) is 8.07. The molecule has 0 amide bonds. The van der Waals surface area contributed by atoms with Crippen LogP contribution in [0.5, 0.6) is 0 Å². The second-order valence-electron chi connectivity index (χ2n) is 18.2. The summed E-state index contributed by atoms with van der Waals surface area (Å²) in [5, 5.41) is 8.95. The van der Waals surface area contributed by atoms with Gasteiger partial charge in [0.2, 0.25) is 0 Å². The van der Waals surface area contributed by atoms with Gasteiger partial charge < -0.3 is 9.13 Å². The van der Waals surface area contributed by atoms with Gasteiger partial charge in [0.15, 0.2) is 11.6 Å². The topological polar surface area (TPSA) is 61.4 Å². The Morgan fingerprint density at radius 3 is 1.43 bits per heavy atom. The molecule has 0 radical (unpaired) electrons. The Morgan fingerprint density at radius 2 is 0.944 bits per heavy atom. The van der Waals surface area contributed by atoms with E-state index in [1.165, 1.54) is 5.56 Å². The molecular formula is C66H54N6. The predicted octanol–water partition coefficient (Wildman–Crippen LogP) is 17.1. The molecule has 11 rings (SSSR count). The van der Waals surface area contributed by atoms with E-state index < -0.39 is 0 Å². The zero-order valence-corrected chi connectivity index (χ0v) is 41.3. The van der Waals surface area contributed by atoms with Crippen molar-refractivity contribution in [3.63, 3.8) is 0 Å². The van der Waals surface area contributed by atoms with Crippen molar-refractivity contribution in [2.45, 2.75) is 27.2 Å². The largest absolute Gasteiger partial charge is 0.349 e. The van der Waals surface area contributed by atoms with Gasteiger partial charge in [-0.3, -0.25) is 0 Å². The van der Waals surface area contributed by atoms with E-state index >= 15 is 0 Å². The van der Waals surface area contributed by atoms with E-state index in [0.717, 1.165) is 123 Å². The summed E-state index contributed by atoms with van der Waals surface area (Å²) in [4.78, 5) is 21.4. The number of rotatable bonds is 12. The highest BCUT2D eigenvalue weighted by atomic mass is 15.0. The van der Waals surface area contributed by atoms with Crippen LogP contribution in [0.2, 0.25) is 0 Å². The summed E-state index contributed by atoms with van der Waals surface area (Å²) in [6.07, 6.45) is 19.1. The maximum Gasteiger partial charge on any atom is 0.177 e. The average Bonchev–Trinajstić information content (AvgIpc) is 4.07. The fourth-order valence-electron chi connectivity index (χ4n) is 10.4. The summed E-state index contributed by atoms with van der Waals surface area (Å²) in [5.41, 5.74) is 14.4. The summed E-state index contributed by atoms with van der Waals surface area (Å²) < 4.78 is 4.20. The number of hydrogen-bond donors (Lipinski definition) is 0. The van der Waals surface area contributed by atoms with Crippen LogP contribution in [-0.2, 0) is 14.1 Å². The molecule has 4 heterocycles. The molecule has 0 saturated carbocycles. The lowest BCUT2D eigenvalue weighted by atomic mass is 9.82. The Balaban J connectivity index is 1.18. The van der Waals surface area contributed by atoms with Crippen LogP contribution in [-0.4, -0.2) is 29.1 Å². The first-order valence-electron chi connectivity index (χ1n) is 24.6. The zero-order valence-electron chi connectivity index (χ0n) is 41.3. The van der Waals surface area contributed by atoms with Gasteiger partial charge in [-0.25, -0.2) is 19.9 Å². The van der Waals surface area contributed by atoms with E-state index in [4.69, 9.17) is 19.9 Å². The summed E-state index contributed by atoms with van der Waals surface area (Å²) in [7, 11) is 4.11. The van der Waals surface area contributed by atoms with Crippen LogP contribution in [0.3, 0.4) is 0 Å². The summed E-state index contributed by atoms with van der Waals surface area (Å²) >= 11 is 0. The van der Waals surface area contributed by atoms with Crippen LogP contribution in [0.25, 0.3) is 122 Å². The van der Waals surface area contributed by atoms with Crippen molar-refractivity contribution in [1.29, 1.82) is 0 Å². The highest BCUT2D eigenvalue weighted by molar-refractivity contribution is 6.26. The fraction of sp³-hybridized carbons (Fsp3) is 0.0909. The van der Waals surface area contributed by atoms with E-state index in [-0.39, 0.29) is 0 Å². The molecule has 6 nitrogen and oxygen atoms in total. The van der Waals surface area contributed by atoms with Gasteiger partial charge in [-0.1, -0.05) is 177 Å². The highest BCUT2D eigenvalue weighted by Gasteiger charge is 2.25. The number of nitrogens with zero attached hydrogens (tertiary/aromatic N) is 6. The lowest BCUT2D eigenvalue weighted by Crippen LogP contribution is -2.02. The maximum absolute atomic E-state index is 5.44. The minimum absolute atomic E-state index is 0.678. The molecule has 0 fully saturated rings. The first-order chi connectivity index (χ1) is 35.4. The van der Waals surface area contributed by atoms with Gasteiger partial charge >= 0.3 is 0 Å². The number of aryl methyl sites for hydroxylation is 2. The van der Waals surface area contributed by atoms with E-state index in [9.17, 15) is 0 Å². The van der Waals surface area contributed by atoms with Gasteiger partial charge in [-0.05, 0) is 133 Å². The second kappa shape index (κ2) is 19.4. The van der Waals surface area contributed by atoms with E-state index in [0.29, 0.717) is 11.6 Å². The van der Waals surface area contributed by atoms with Gasteiger partial charge in [0.1, 0.15) is 0 Å². The van der Waals surface area contributed by atoms with Crippen LogP contribution in [0, 0.1) is 0 Å². The molecule has 0 unspecified atom stereocenters. The molecular weight excluding hydrogens is 877 g/mol. The van der Waals surface area contributed by atoms with Crippen molar-refractivity contribution in [2.75, 3.05) is 0 Å². The van der Waals surface area contributed by atoms with E-state index in [1.54, 1.807) is 6.08 Å². The minimum Gasteiger partial charge on any atom is -0.349 e. The van der Waals surface area contributed by atoms with Gasteiger partial charge in [0, 0.05) is 37.6 Å². The van der Waals surface area contributed by atoms with Crippen LogP contribution in [0.4, 0.5) is 0 Å². The van der Waals surface area contributed by atoms with Gasteiger partial charge in [-0.15, -0.1) is 0 Å². The third-order valence-electron chi connectivity index (χ3n) is 13.8. The number of fused-ring (bicyclic) bond motifs is 4. The lowest BCUT2D eigenvalue weighted by Gasteiger charge is -2.22. The highest BCUT2D eigenvalue weighted by Crippen LogP contribution is 2.50. The van der Waals surface area contributed by atoms with Crippen LogP contribution >= 0.6 is 0 Å². The summed E-state index contributed by atoms with van der Waals surface area (Å²) in [5.74, 6) is 1.37. The monoisotopic (exact) mass is 930 g/mol. The molecule has 0 bridgehead atoms. The molecule has 0 atom stereocenters. The van der Waals surface area contributed by atoms with Crippen molar-refractivity contribution < 1.29 is 0 Å². The van der Waals surface area contributed by atoms with E-state index in [1.807, 2.05) is 44.5 Å². The standard InChI is InChI=1S/C66H54N6/c1-7-10-12-26-44(9-3)56-41-55(43(4)25-11-8-2)67-66(68-56)64-53-35-21-17-31-49(53)62(50-32-18-22-36-54(50)64)46-28-14-13-27-45(46)61-47-29-15-19-33-51(47)63(52-34-20-16-30-48(52)61)58-42-57(59-37-23-39-71(59)5)69-65(70-58)60-38-24-40-72(60)6/h7-8,10-42H,1,9H2,2-6H3. The van der Waals surface area contributed by atoms with Crippen molar-refractivity contribution >= 4 is 54.2 Å². The molecule has 7 aromatic carbocycles. The first-order valence-corrected chi connectivity index (χ1v) is 24.6. The Morgan fingerprint density at radius 1 is 0.472 bits per heavy atom. The average molecular weight is 931 g/mol. The van der Waals surface area contributed by atoms with Crippen LogP contribution in [0.15, 0.2) is 219 Å². The van der Waals surface area contributed by atoms with Gasteiger partial charge in [0.25, 0.3) is 0 Å². The smallest absolute Gasteiger partial charge is 0.177 e. The second-order valence-corrected chi connectivity index (χ2v) is 18.2. The lowest BCUT2D eigenvalue weighted by molar-refractivity contribution is 0.913. The molecule has 0 spiro atoms. The summed E-state index contributed by atoms with van der Waals surface area (Å²) in [6, 6.07) is 56.7. The van der Waals surface area contributed by atoms with Crippen molar-refractivity contribution in [3.8, 4) is 67.8 Å². The van der Waals surface area contributed by atoms with Crippen LogP contribution in [0.1, 0.15) is 38.6 Å². The van der Waals surface area contributed by atoms with Gasteiger partial charge in [0.05, 0.1) is 34.2 Å². The Labute approximate surface area is 421 Å². The fourth-order valence-corrected chi connectivity index (χ4v) is 10.4. The minimum atomic E-state index is 0.678. The van der Waals surface area contributed by atoms with Crippen molar-refractivity contribution in [2.24, 2.45) is 14.1 Å². The number of benzene rings is 7. The number of allylic oxidation sites excluding steroid dienone is 9. The molecule has 0 saturated heterocycles. The van der Waals surface area contributed by atoms with Gasteiger partial charge in [-0.2, -0.15) is 0 Å². The molecule has 0 N–H and O–H groups in total. The number of hydrogen-bond acceptors (Lipinski definition) is 4. The molecule has 4 aromatic heterocycles. The molecule has 348 valence electrons. The number of aromatic nitrogens is 6. The van der Waals surface area contributed by atoms with Crippen LogP contribution < -0.4 is 0 Å². The first kappa shape index (κ1) is 45.4. The molecule has 0 aliphatic heterocycles. The molecule has 72 heavy (non-hydrogen) atoms. The summed E-state index contributed by atoms with van der Waals surface area (Å²) in [6.45, 7) is 10.2. The molecule has 6 heteroatoms. The molecule has 0 aliphatic rings. The quantitative estimate of drug-likeness (QED) is 0.0904. The molecule has 0 aliphatic carbocycles. The Bertz CT molecular complexity index is 3870. The SMILES string of the molecule is C=CC=CC=C(CC)c1cc(C(C)=CC=CC)nc(-c2c3ccccc3c(-c3ccccc3-c3c4ccccc4c(-c4cc(-c5cccn5C)nc(-c5cccn5C)n4)c4ccccc34)c3ccccc23)n1. The maximum atomic E-state index is 5.44. The zero-order chi connectivity index (χ0) is 49.3. The predicted molar refractivity (Wildman–Crippen MR) is 304 cm³/mol. The van der Waals surface area contributed by atoms with Crippen molar-refractivity contribution in [3.05, 3.63) is 231 Å². The van der Waals surface area contributed by atoms with E-state index in [2.05, 4.69) is 213 Å². The third-order valence-corrected chi connectivity index (χ3v) is 13.8. The normalized spacial score (nSPS) is 12.4. The Kier molecular flexibility index (Phi) is 12.3.